The average Bonchev–Trinajstić information content (AvgIpc) is 2.76. The summed E-state index contributed by atoms with van der Waals surface area (Å²) in [5, 5.41) is 6.41. The summed E-state index contributed by atoms with van der Waals surface area (Å²) in [6.07, 6.45) is 4.16. The number of nitrogens with zero attached hydrogens (tertiary/aromatic N) is 1. The number of nitrogens with one attached hydrogen (secondary N) is 2. The number of hydrogen-bond acceptors (Lipinski definition) is 3. The summed E-state index contributed by atoms with van der Waals surface area (Å²) in [4.78, 5) is 14.2. The minimum absolute atomic E-state index is 0.187. The van der Waals surface area contributed by atoms with Crippen LogP contribution >= 0.6 is 0 Å². The van der Waals surface area contributed by atoms with E-state index < -0.39 is 0 Å². The van der Waals surface area contributed by atoms with E-state index in [1.807, 2.05) is 0 Å². The van der Waals surface area contributed by atoms with Crippen LogP contribution in [0.4, 0.5) is 0 Å². The molecule has 0 aromatic heterocycles. The summed E-state index contributed by atoms with van der Waals surface area (Å²) in [6.45, 7) is 10.7. The van der Waals surface area contributed by atoms with Gasteiger partial charge in [0, 0.05) is 25.0 Å². The molecule has 106 valence electrons. The topological polar surface area (TPSA) is 44.4 Å². The second-order valence-corrected chi connectivity index (χ2v) is 5.69. The van der Waals surface area contributed by atoms with Gasteiger partial charge in [-0.05, 0) is 45.8 Å². The lowest BCUT2D eigenvalue weighted by Gasteiger charge is -2.21. The molecule has 2 N–H and O–H groups in total. The lowest BCUT2D eigenvalue weighted by atomic mass is 10.2. The molecule has 4 heteroatoms. The second-order valence-electron chi connectivity index (χ2n) is 5.69. The quantitative estimate of drug-likeness (QED) is 0.644. The van der Waals surface area contributed by atoms with Crippen molar-refractivity contribution < 1.29 is 4.79 Å². The Hall–Kier alpha value is -0.610. The Morgan fingerprint density at radius 2 is 1.89 bits per heavy atom. The maximum Gasteiger partial charge on any atom is 0.220 e. The maximum atomic E-state index is 11.7. The van der Waals surface area contributed by atoms with Crippen molar-refractivity contribution >= 4 is 5.91 Å². The molecule has 1 atom stereocenters. The van der Waals surface area contributed by atoms with Crippen LogP contribution in [-0.4, -0.2) is 49.1 Å². The number of amides is 1. The molecule has 1 aliphatic heterocycles. The van der Waals surface area contributed by atoms with Gasteiger partial charge in [-0.3, -0.25) is 4.79 Å². The number of carbonyl (C=O) groups excluding carboxylic acids is 1. The first-order valence-corrected chi connectivity index (χ1v) is 7.33. The van der Waals surface area contributed by atoms with E-state index in [-0.39, 0.29) is 11.9 Å². The van der Waals surface area contributed by atoms with Gasteiger partial charge in [0.05, 0.1) is 0 Å². The molecular weight excluding hydrogens is 226 g/mol. The van der Waals surface area contributed by atoms with Crippen LogP contribution in [0.3, 0.4) is 0 Å². The lowest BCUT2D eigenvalue weighted by molar-refractivity contribution is -0.121. The maximum absolute atomic E-state index is 11.7. The third-order valence-corrected chi connectivity index (χ3v) is 3.27. The van der Waals surface area contributed by atoms with Crippen molar-refractivity contribution in [1.29, 1.82) is 0 Å². The van der Waals surface area contributed by atoms with Gasteiger partial charge in [-0.25, -0.2) is 0 Å². The molecule has 0 radical (unpaired) electrons. The first-order valence-electron chi connectivity index (χ1n) is 7.33. The smallest absolute Gasteiger partial charge is 0.220 e. The monoisotopic (exact) mass is 255 g/mol. The first-order chi connectivity index (χ1) is 8.58. The molecule has 1 fully saturated rings. The van der Waals surface area contributed by atoms with Gasteiger partial charge in [0.1, 0.15) is 0 Å². The van der Waals surface area contributed by atoms with Crippen LogP contribution in [0.25, 0.3) is 0 Å². The molecule has 0 aliphatic carbocycles. The third kappa shape index (κ3) is 6.97. The summed E-state index contributed by atoms with van der Waals surface area (Å²) in [5.74, 6) is 0.187. The van der Waals surface area contributed by atoms with Crippen molar-refractivity contribution in [2.45, 2.75) is 58.5 Å². The molecule has 1 heterocycles. The van der Waals surface area contributed by atoms with Gasteiger partial charge in [0.15, 0.2) is 0 Å². The van der Waals surface area contributed by atoms with Crippen molar-refractivity contribution in [1.82, 2.24) is 15.5 Å². The minimum Gasteiger partial charge on any atom is -0.352 e. The molecule has 1 saturated heterocycles. The molecule has 1 rings (SSSR count). The Bertz CT molecular complexity index is 237. The predicted octanol–water partition coefficient (Wildman–Crippen LogP) is 1.37. The molecule has 1 amide bonds. The van der Waals surface area contributed by atoms with E-state index in [1.165, 1.54) is 25.9 Å². The Morgan fingerprint density at radius 1 is 1.22 bits per heavy atom. The molecule has 0 aromatic rings. The Balaban J connectivity index is 2.03. The minimum atomic E-state index is 0.187. The van der Waals surface area contributed by atoms with Crippen LogP contribution in [-0.2, 0) is 4.79 Å². The zero-order valence-electron chi connectivity index (χ0n) is 12.2. The third-order valence-electron chi connectivity index (χ3n) is 3.27. The molecule has 0 spiro atoms. The molecule has 1 aliphatic rings. The normalized spacial score (nSPS) is 18.2. The van der Waals surface area contributed by atoms with Crippen molar-refractivity contribution in [3.8, 4) is 0 Å². The molecule has 0 aromatic carbocycles. The summed E-state index contributed by atoms with van der Waals surface area (Å²) in [6, 6.07) is 0.774. The van der Waals surface area contributed by atoms with Gasteiger partial charge in [0.2, 0.25) is 5.91 Å². The fraction of sp³-hybridized carbons (Fsp3) is 0.929. The van der Waals surface area contributed by atoms with E-state index in [2.05, 4.69) is 36.3 Å². The molecule has 1 unspecified atom stereocenters. The summed E-state index contributed by atoms with van der Waals surface area (Å²) >= 11 is 0. The highest BCUT2D eigenvalue weighted by Gasteiger charge is 2.15. The van der Waals surface area contributed by atoms with Crippen LogP contribution < -0.4 is 10.6 Å². The van der Waals surface area contributed by atoms with Gasteiger partial charge >= 0.3 is 0 Å². The van der Waals surface area contributed by atoms with Gasteiger partial charge in [0.25, 0.3) is 0 Å². The zero-order valence-corrected chi connectivity index (χ0v) is 12.2. The van der Waals surface area contributed by atoms with Crippen molar-refractivity contribution in [3.05, 3.63) is 0 Å². The summed E-state index contributed by atoms with van der Waals surface area (Å²) in [7, 11) is 0. The fourth-order valence-corrected chi connectivity index (χ4v) is 2.38. The number of rotatable bonds is 8. The van der Waals surface area contributed by atoms with E-state index in [0.29, 0.717) is 12.5 Å². The van der Waals surface area contributed by atoms with Gasteiger partial charge in [-0.2, -0.15) is 0 Å². The largest absolute Gasteiger partial charge is 0.352 e. The molecular formula is C14H29N3O. The van der Waals surface area contributed by atoms with Crippen LogP contribution in [0.1, 0.15) is 46.5 Å². The molecule has 18 heavy (non-hydrogen) atoms. The highest BCUT2D eigenvalue weighted by molar-refractivity contribution is 5.76. The van der Waals surface area contributed by atoms with Crippen LogP contribution in [0.15, 0.2) is 0 Å². The van der Waals surface area contributed by atoms with Crippen LogP contribution in [0.5, 0.6) is 0 Å². The number of likely N-dealkylation sites (tertiary alicyclic amines) is 1. The van der Waals surface area contributed by atoms with E-state index in [9.17, 15) is 4.79 Å². The Morgan fingerprint density at radius 3 is 2.50 bits per heavy atom. The zero-order chi connectivity index (χ0) is 13.4. The van der Waals surface area contributed by atoms with Gasteiger partial charge < -0.3 is 15.5 Å². The molecule has 4 nitrogen and oxygen atoms in total. The summed E-state index contributed by atoms with van der Waals surface area (Å²) in [5.41, 5.74) is 0. The molecule has 0 bridgehead atoms. The van der Waals surface area contributed by atoms with E-state index in [4.69, 9.17) is 0 Å². The summed E-state index contributed by atoms with van der Waals surface area (Å²) < 4.78 is 0. The van der Waals surface area contributed by atoms with Crippen molar-refractivity contribution in [2.24, 2.45) is 0 Å². The van der Waals surface area contributed by atoms with Crippen LogP contribution in [0.2, 0.25) is 0 Å². The second kappa shape index (κ2) is 8.48. The van der Waals surface area contributed by atoms with Crippen molar-refractivity contribution in [3.63, 3.8) is 0 Å². The highest BCUT2D eigenvalue weighted by atomic mass is 16.1. The number of carbonyl (C=O) groups is 1. The fourth-order valence-electron chi connectivity index (χ4n) is 2.38. The van der Waals surface area contributed by atoms with E-state index in [0.717, 1.165) is 19.5 Å². The average molecular weight is 255 g/mol. The first kappa shape index (κ1) is 15.4. The predicted molar refractivity (Wildman–Crippen MR) is 75.7 cm³/mol. The van der Waals surface area contributed by atoms with E-state index in [1.54, 1.807) is 0 Å². The van der Waals surface area contributed by atoms with Gasteiger partial charge in [-0.15, -0.1) is 0 Å². The van der Waals surface area contributed by atoms with E-state index >= 15 is 0 Å². The highest BCUT2D eigenvalue weighted by Crippen LogP contribution is 2.07. The standard InChI is InChI=1S/C14H29N3O/c1-12(2)15-8-6-7-14(18)16-13(3)11-17-9-4-5-10-17/h12-13,15H,4-11H2,1-3H3,(H,16,18). The lowest BCUT2D eigenvalue weighted by Crippen LogP contribution is -2.41. The van der Waals surface area contributed by atoms with Gasteiger partial charge in [-0.1, -0.05) is 13.8 Å². The molecule has 0 saturated carbocycles. The SMILES string of the molecule is CC(C)NCCCC(=O)NC(C)CN1CCCC1. The Kier molecular flexibility index (Phi) is 7.28. The number of hydrogen-bond donors (Lipinski definition) is 2. The Labute approximate surface area is 111 Å². The van der Waals surface area contributed by atoms with Crippen LogP contribution in [0, 0.1) is 0 Å². The van der Waals surface area contributed by atoms with Crippen molar-refractivity contribution in [2.75, 3.05) is 26.2 Å².